The van der Waals surface area contributed by atoms with Gasteiger partial charge in [-0.25, -0.2) is 9.67 Å². The molecular formula is C17H20N4O. The first-order chi connectivity index (χ1) is 10.5. The molecular weight excluding hydrogens is 276 g/mol. The molecule has 0 saturated carbocycles. The zero-order valence-electron chi connectivity index (χ0n) is 13.1. The van der Waals surface area contributed by atoms with Gasteiger partial charge in [-0.1, -0.05) is 24.3 Å². The lowest BCUT2D eigenvalue weighted by Gasteiger charge is -2.21. The van der Waals surface area contributed by atoms with Crippen LogP contribution < -0.4 is 5.73 Å². The molecule has 1 aromatic carbocycles. The van der Waals surface area contributed by atoms with Crippen LogP contribution in [0.1, 0.15) is 26.3 Å². The molecule has 0 atom stereocenters. The van der Waals surface area contributed by atoms with Gasteiger partial charge in [0.05, 0.1) is 11.8 Å². The van der Waals surface area contributed by atoms with Gasteiger partial charge in [0.2, 0.25) is 5.82 Å². The Kier molecular flexibility index (Phi) is 3.58. The van der Waals surface area contributed by atoms with Gasteiger partial charge in [0.1, 0.15) is 0 Å². The van der Waals surface area contributed by atoms with Crippen molar-refractivity contribution in [3.63, 3.8) is 0 Å². The second kappa shape index (κ2) is 5.42. The maximum absolute atomic E-state index is 5.66. The third-order valence-electron chi connectivity index (χ3n) is 3.43. The van der Waals surface area contributed by atoms with E-state index in [2.05, 4.69) is 30.9 Å². The fourth-order valence-corrected chi connectivity index (χ4v) is 2.27. The van der Waals surface area contributed by atoms with E-state index >= 15 is 0 Å². The molecule has 5 nitrogen and oxygen atoms in total. The van der Waals surface area contributed by atoms with Crippen LogP contribution in [-0.2, 0) is 12.1 Å². The first kappa shape index (κ1) is 14.5. The second-order valence-electron chi connectivity index (χ2n) is 6.22. The topological polar surface area (TPSA) is 69.9 Å². The van der Waals surface area contributed by atoms with Gasteiger partial charge in [0, 0.05) is 12.1 Å². The average molecular weight is 296 g/mol. The Labute approximate surface area is 129 Å². The van der Waals surface area contributed by atoms with E-state index in [1.165, 1.54) is 0 Å². The van der Waals surface area contributed by atoms with Crippen LogP contribution in [0.3, 0.4) is 0 Å². The summed E-state index contributed by atoms with van der Waals surface area (Å²) in [5.74, 6) is 2.09. The number of nitrogens with two attached hydrogens (primary N) is 1. The third kappa shape index (κ3) is 2.67. The minimum atomic E-state index is -0.181. The van der Waals surface area contributed by atoms with Crippen LogP contribution in [0, 0.1) is 0 Å². The molecule has 0 aliphatic heterocycles. The standard InChI is InChI=1S/C17H20N4O/c1-17(2,3)21-16(13-8-6-12(11-18)7-9-13)19-15(20-21)14-5-4-10-22-14/h4-10H,11,18H2,1-3H3. The Bertz CT molecular complexity index is 749. The molecule has 0 unspecified atom stereocenters. The number of aromatic nitrogens is 3. The largest absolute Gasteiger partial charge is 0.461 e. The number of rotatable bonds is 3. The highest BCUT2D eigenvalue weighted by molar-refractivity contribution is 5.59. The maximum atomic E-state index is 5.66. The van der Waals surface area contributed by atoms with Crippen molar-refractivity contribution in [3.8, 4) is 23.0 Å². The number of hydrogen-bond donors (Lipinski definition) is 1. The fraction of sp³-hybridized carbons (Fsp3) is 0.294. The summed E-state index contributed by atoms with van der Waals surface area (Å²) in [7, 11) is 0. The summed E-state index contributed by atoms with van der Waals surface area (Å²) in [5, 5.41) is 4.63. The molecule has 2 N–H and O–H groups in total. The third-order valence-corrected chi connectivity index (χ3v) is 3.43. The average Bonchev–Trinajstić information content (AvgIpc) is 3.15. The Morgan fingerprint density at radius 3 is 2.41 bits per heavy atom. The van der Waals surface area contributed by atoms with Crippen LogP contribution in [-0.4, -0.2) is 14.8 Å². The van der Waals surface area contributed by atoms with E-state index < -0.39 is 0 Å². The molecule has 3 aromatic rings. The van der Waals surface area contributed by atoms with Crippen LogP contribution in [0.5, 0.6) is 0 Å². The summed E-state index contributed by atoms with van der Waals surface area (Å²) < 4.78 is 7.35. The van der Waals surface area contributed by atoms with E-state index in [1.807, 2.05) is 41.1 Å². The summed E-state index contributed by atoms with van der Waals surface area (Å²) in [6.07, 6.45) is 1.63. The van der Waals surface area contributed by atoms with E-state index in [4.69, 9.17) is 10.2 Å². The molecule has 22 heavy (non-hydrogen) atoms. The maximum Gasteiger partial charge on any atom is 0.217 e. The molecule has 0 bridgehead atoms. The monoisotopic (exact) mass is 296 g/mol. The highest BCUT2D eigenvalue weighted by atomic mass is 16.3. The minimum absolute atomic E-state index is 0.181. The smallest absolute Gasteiger partial charge is 0.217 e. The normalized spacial score (nSPS) is 11.8. The predicted octanol–water partition coefficient (Wildman–Crippen LogP) is 3.42. The zero-order valence-corrected chi connectivity index (χ0v) is 13.1. The van der Waals surface area contributed by atoms with Crippen LogP contribution in [0.25, 0.3) is 23.0 Å². The lowest BCUT2D eigenvalue weighted by atomic mass is 10.1. The lowest BCUT2D eigenvalue weighted by Crippen LogP contribution is -2.24. The molecule has 0 radical (unpaired) electrons. The van der Waals surface area contributed by atoms with Crippen molar-refractivity contribution in [3.05, 3.63) is 48.2 Å². The second-order valence-corrected chi connectivity index (χ2v) is 6.22. The number of furan rings is 1. The summed E-state index contributed by atoms with van der Waals surface area (Å²) in [5.41, 5.74) is 7.59. The minimum Gasteiger partial charge on any atom is -0.461 e. The van der Waals surface area contributed by atoms with Gasteiger partial charge in [0.15, 0.2) is 11.6 Å². The molecule has 0 fully saturated rings. The molecule has 2 aromatic heterocycles. The van der Waals surface area contributed by atoms with Gasteiger partial charge in [-0.3, -0.25) is 0 Å². The van der Waals surface area contributed by atoms with Crippen molar-refractivity contribution < 1.29 is 4.42 Å². The Hall–Kier alpha value is -2.40. The van der Waals surface area contributed by atoms with Crippen molar-refractivity contribution >= 4 is 0 Å². The summed E-state index contributed by atoms with van der Waals surface area (Å²) >= 11 is 0. The van der Waals surface area contributed by atoms with Gasteiger partial charge in [-0.15, -0.1) is 5.10 Å². The van der Waals surface area contributed by atoms with Crippen LogP contribution >= 0.6 is 0 Å². The number of benzene rings is 1. The molecule has 0 amide bonds. The van der Waals surface area contributed by atoms with E-state index in [-0.39, 0.29) is 5.54 Å². The lowest BCUT2D eigenvalue weighted by molar-refractivity contribution is 0.359. The highest BCUT2D eigenvalue weighted by Gasteiger charge is 2.23. The van der Waals surface area contributed by atoms with Crippen LogP contribution in [0.2, 0.25) is 0 Å². The molecule has 0 spiro atoms. The molecule has 114 valence electrons. The zero-order chi connectivity index (χ0) is 15.7. The molecule has 0 saturated heterocycles. The van der Waals surface area contributed by atoms with Gasteiger partial charge >= 0.3 is 0 Å². The SMILES string of the molecule is CC(C)(C)n1nc(-c2ccco2)nc1-c1ccc(CN)cc1. The summed E-state index contributed by atoms with van der Waals surface area (Å²) in [6, 6.07) is 11.8. The Morgan fingerprint density at radius 1 is 1.14 bits per heavy atom. The molecule has 5 heteroatoms. The van der Waals surface area contributed by atoms with Gasteiger partial charge < -0.3 is 10.2 Å². The van der Waals surface area contributed by atoms with E-state index in [0.29, 0.717) is 18.1 Å². The molecule has 0 aliphatic rings. The molecule has 0 aliphatic carbocycles. The van der Waals surface area contributed by atoms with Crippen molar-refractivity contribution in [1.82, 2.24) is 14.8 Å². The van der Waals surface area contributed by atoms with Crippen molar-refractivity contribution in [1.29, 1.82) is 0 Å². The summed E-state index contributed by atoms with van der Waals surface area (Å²) in [6.45, 7) is 6.84. The Morgan fingerprint density at radius 2 is 1.86 bits per heavy atom. The number of hydrogen-bond acceptors (Lipinski definition) is 4. The van der Waals surface area contributed by atoms with Crippen molar-refractivity contribution in [2.24, 2.45) is 5.73 Å². The van der Waals surface area contributed by atoms with Gasteiger partial charge in [-0.05, 0) is 38.5 Å². The Balaban J connectivity index is 2.12. The fourth-order valence-electron chi connectivity index (χ4n) is 2.27. The molecule has 2 heterocycles. The number of nitrogens with zero attached hydrogens (tertiary/aromatic N) is 3. The van der Waals surface area contributed by atoms with E-state index in [0.717, 1.165) is 17.0 Å². The van der Waals surface area contributed by atoms with Crippen LogP contribution in [0.15, 0.2) is 47.1 Å². The predicted molar refractivity (Wildman–Crippen MR) is 86.0 cm³/mol. The first-order valence-corrected chi connectivity index (χ1v) is 7.30. The summed E-state index contributed by atoms with van der Waals surface area (Å²) in [4.78, 5) is 4.67. The van der Waals surface area contributed by atoms with E-state index in [1.54, 1.807) is 6.26 Å². The van der Waals surface area contributed by atoms with E-state index in [9.17, 15) is 0 Å². The van der Waals surface area contributed by atoms with Crippen molar-refractivity contribution in [2.75, 3.05) is 0 Å². The highest BCUT2D eigenvalue weighted by Crippen LogP contribution is 2.27. The molecule has 3 rings (SSSR count). The van der Waals surface area contributed by atoms with Crippen LogP contribution in [0.4, 0.5) is 0 Å². The van der Waals surface area contributed by atoms with Crippen molar-refractivity contribution in [2.45, 2.75) is 32.9 Å². The van der Waals surface area contributed by atoms with Gasteiger partial charge in [-0.2, -0.15) is 0 Å². The quantitative estimate of drug-likeness (QED) is 0.804. The van der Waals surface area contributed by atoms with Gasteiger partial charge in [0.25, 0.3) is 0 Å². The first-order valence-electron chi connectivity index (χ1n) is 7.30.